The van der Waals surface area contributed by atoms with Crippen molar-refractivity contribution in [2.45, 2.75) is 6.54 Å². The summed E-state index contributed by atoms with van der Waals surface area (Å²) in [5.41, 5.74) is 8.05. The molecule has 3 nitrogen and oxygen atoms in total. The first-order valence-electron chi connectivity index (χ1n) is 6.44. The van der Waals surface area contributed by atoms with Crippen LogP contribution in [0, 0.1) is 5.82 Å². The van der Waals surface area contributed by atoms with Crippen LogP contribution >= 0.6 is 11.6 Å². The Bertz CT molecular complexity index is 765. The molecule has 0 spiro atoms. The van der Waals surface area contributed by atoms with Gasteiger partial charge in [-0.1, -0.05) is 11.6 Å². The van der Waals surface area contributed by atoms with Gasteiger partial charge >= 0.3 is 0 Å². The van der Waals surface area contributed by atoms with Crippen LogP contribution < -0.4 is 5.73 Å². The summed E-state index contributed by atoms with van der Waals surface area (Å²) >= 11 is 6.12. The maximum Gasteiger partial charge on any atom is 0.140 e. The number of nitrogens with zero attached hydrogens (tertiary/aromatic N) is 2. The monoisotopic (exact) mass is 301 g/mol. The summed E-state index contributed by atoms with van der Waals surface area (Å²) in [6, 6.07) is 11.8. The van der Waals surface area contributed by atoms with Gasteiger partial charge in [0.05, 0.1) is 6.54 Å². The van der Waals surface area contributed by atoms with Gasteiger partial charge in [0.15, 0.2) is 0 Å². The topological polar surface area (TPSA) is 43.8 Å². The lowest BCUT2D eigenvalue weighted by molar-refractivity contribution is 0.623. The van der Waals surface area contributed by atoms with Gasteiger partial charge in [-0.3, -0.25) is 0 Å². The van der Waals surface area contributed by atoms with E-state index in [1.54, 1.807) is 12.3 Å². The van der Waals surface area contributed by atoms with Gasteiger partial charge in [-0.15, -0.1) is 0 Å². The molecule has 0 amide bonds. The van der Waals surface area contributed by atoms with Gasteiger partial charge < -0.3 is 10.3 Å². The van der Waals surface area contributed by atoms with Gasteiger partial charge in [0, 0.05) is 28.7 Å². The highest BCUT2D eigenvalue weighted by Gasteiger charge is 2.09. The highest BCUT2D eigenvalue weighted by atomic mass is 35.5. The first-order chi connectivity index (χ1) is 10.1. The maximum absolute atomic E-state index is 13.3. The number of nitrogens with two attached hydrogens (primary N) is 1. The number of hydrogen-bond acceptors (Lipinski definition) is 2. The predicted octanol–water partition coefficient (Wildman–Crippen LogP) is 3.97. The molecule has 0 fully saturated rings. The van der Waals surface area contributed by atoms with Crippen molar-refractivity contribution in [1.29, 1.82) is 0 Å². The quantitative estimate of drug-likeness (QED) is 0.744. The number of benzene rings is 2. The van der Waals surface area contributed by atoms with Crippen molar-refractivity contribution in [1.82, 2.24) is 9.55 Å². The average Bonchev–Trinajstić information content (AvgIpc) is 2.92. The van der Waals surface area contributed by atoms with Crippen LogP contribution in [0.3, 0.4) is 0 Å². The van der Waals surface area contributed by atoms with Crippen LogP contribution in [0.1, 0.15) is 5.56 Å². The molecule has 0 unspecified atom stereocenters. The minimum absolute atomic E-state index is 0.302. The van der Waals surface area contributed by atoms with Gasteiger partial charge in [-0.2, -0.15) is 0 Å². The summed E-state index contributed by atoms with van der Waals surface area (Å²) in [5, 5.41) is 0.536. The number of nitrogen functional groups attached to an aromatic ring is 1. The molecule has 0 bridgehead atoms. The van der Waals surface area contributed by atoms with Crippen LogP contribution in [0.15, 0.2) is 54.9 Å². The highest BCUT2D eigenvalue weighted by molar-refractivity contribution is 6.31. The van der Waals surface area contributed by atoms with E-state index >= 15 is 0 Å². The number of hydrogen-bond donors (Lipinski definition) is 1. The summed E-state index contributed by atoms with van der Waals surface area (Å²) in [6.07, 6.45) is 3.55. The van der Waals surface area contributed by atoms with E-state index in [4.69, 9.17) is 17.3 Å². The molecule has 21 heavy (non-hydrogen) atoms. The second kappa shape index (κ2) is 5.58. The minimum Gasteiger partial charge on any atom is -0.399 e. The molecule has 0 saturated heterocycles. The van der Waals surface area contributed by atoms with Crippen LogP contribution in [-0.2, 0) is 6.54 Å². The molecular formula is C16H13ClFN3. The zero-order valence-electron chi connectivity index (χ0n) is 11.1. The molecule has 1 aromatic heterocycles. The fourth-order valence-electron chi connectivity index (χ4n) is 2.18. The van der Waals surface area contributed by atoms with E-state index in [0.29, 0.717) is 22.8 Å². The van der Waals surface area contributed by atoms with E-state index in [1.807, 2.05) is 35.0 Å². The number of rotatable bonds is 3. The third kappa shape index (κ3) is 2.90. The van der Waals surface area contributed by atoms with Crippen molar-refractivity contribution < 1.29 is 4.39 Å². The Morgan fingerprint density at radius 3 is 2.67 bits per heavy atom. The molecule has 2 aromatic carbocycles. The average molecular weight is 302 g/mol. The highest BCUT2D eigenvalue weighted by Crippen LogP contribution is 2.23. The van der Waals surface area contributed by atoms with Crippen molar-refractivity contribution in [2.24, 2.45) is 0 Å². The molecule has 5 heteroatoms. The van der Waals surface area contributed by atoms with Crippen molar-refractivity contribution in [3.8, 4) is 11.4 Å². The molecule has 3 aromatic rings. The lowest BCUT2D eigenvalue weighted by Crippen LogP contribution is -2.02. The Morgan fingerprint density at radius 1 is 1.14 bits per heavy atom. The van der Waals surface area contributed by atoms with Crippen LogP contribution in [0.5, 0.6) is 0 Å². The predicted molar refractivity (Wildman–Crippen MR) is 82.6 cm³/mol. The molecule has 1 heterocycles. The van der Waals surface area contributed by atoms with E-state index in [-0.39, 0.29) is 5.82 Å². The van der Waals surface area contributed by atoms with Gasteiger partial charge in [0.1, 0.15) is 11.6 Å². The molecule has 3 rings (SSSR count). The van der Waals surface area contributed by atoms with Crippen molar-refractivity contribution in [3.63, 3.8) is 0 Å². The zero-order chi connectivity index (χ0) is 14.8. The summed E-state index contributed by atoms with van der Waals surface area (Å²) in [6.45, 7) is 0.455. The lowest BCUT2D eigenvalue weighted by atomic mass is 10.2. The Hall–Kier alpha value is -2.33. The van der Waals surface area contributed by atoms with E-state index in [2.05, 4.69) is 4.98 Å². The number of aromatic nitrogens is 2. The molecule has 106 valence electrons. The van der Waals surface area contributed by atoms with Crippen LogP contribution in [0.2, 0.25) is 5.02 Å². The summed E-state index contributed by atoms with van der Waals surface area (Å²) < 4.78 is 15.3. The van der Waals surface area contributed by atoms with E-state index in [1.165, 1.54) is 12.1 Å². The molecule has 0 saturated carbocycles. The third-order valence-electron chi connectivity index (χ3n) is 3.23. The molecular weight excluding hydrogens is 289 g/mol. The molecule has 0 aliphatic rings. The first-order valence-corrected chi connectivity index (χ1v) is 6.82. The van der Waals surface area contributed by atoms with Crippen LogP contribution in [0.25, 0.3) is 11.4 Å². The molecule has 0 radical (unpaired) electrons. The maximum atomic E-state index is 13.3. The fraction of sp³-hybridized carbons (Fsp3) is 0.0625. The van der Waals surface area contributed by atoms with Crippen molar-refractivity contribution in [2.75, 3.05) is 5.73 Å². The van der Waals surface area contributed by atoms with Crippen molar-refractivity contribution in [3.05, 3.63) is 71.3 Å². The van der Waals surface area contributed by atoms with Gasteiger partial charge in [-0.25, -0.2) is 9.37 Å². The smallest absolute Gasteiger partial charge is 0.140 e. The Labute approximate surface area is 126 Å². The van der Waals surface area contributed by atoms with E-state index < -0.39 is 0 Å². The van der Waals surface area contributed by atoms with Crippen molar-refractivity contribution >= 4 is 17.3 Å². The fourth-order valence-corrected chi connectivity index (χ4v) is 2.35. The van der Waals surface area contributed by atoms with Gasteiger partial charge in [0.2, 0.25) is 0 Å². The Balaban J connectivity index is 1.96. The summed E-state index contributed by atoms with van der Waals surface area (Å²) in [5.74, 6) is 0.485. The normalized spacial score (nSPS) is 10.8. The SMILES string of the molecule is Nc1ccc(-c2nccn2Cc2cc(F)ccc2Cl)cc1. The van der Waals surface area contributed by atoms with Crippen LogP contribution in [-0.4, -0.2) is 9.55 Å². The number of halogens is 2. The second-order valence-electron chi connectivity index (χ2n) is 4.74. The number of imidazole rings is 1. The van der Waals surface area contributed by atoms with Gasteiger partial charge in [-0.05, 0) is 48.0 Å². The van der Waals surface area contributed by atoms with Gasteiger partial charge in [0.25, 0.3) is 0 Å². The minimum atomic E-state index is -0.302. The standard InChI is InChI=1S/C16H13ClFN3/c17-15-6-3-13(18)9-12(15)10-21-8-7-20-16(21)11-1-4-14(19)5-2-11/h1-9H,10,19H2. The van der Waals surface area contributed by atoms with E-state index in [0.717, 1.165) is 11.4 Å². The van der Waals surface area contributed by atoms with E-state index in [9.17, 15) is 4.39 Å². The molecule has 0 atom stereocenters. The third-order valence-corrected chi connectivity index (χ3v) is 3.60. The molecule has 0 aliphatic heterocycles. The lowest BCUT2D eigenvalue weighted by Gasteiger charge is -2.10. The largest absolute Gasteiger partial charge is 0.399 e. The number of anilines is 1. The summed E-state index contributed by atoms with van der Waals surface area (Å²) in [4.78, 5) is 4.35. The first kappa shape index (κ1) is 13.6. The molecule has 2 N–H and O–H groups in total. The summed E-state index contributed by atoms with van der Waals surface area (Å²) in [7, 11) is 0. The Kier molecular flexibility index (Phi) is 3.62. The zero-order valence-corrected chi connectivity index (χ0v) is 11.9. The second-order valence-corrected chi connectivity index (χ2v) is 5.14. The Morgan fingerprint density at radius 2 is 1.90 bits per heavy atom. The molecule has 0 aliphatic carbocycles. The van der Waals surface area contributed by atoms with Crippen LogP contribution in [0.4, 0.5) is 10.1 Å².